The number of alkyl carbamates (subject to hydrolysis) is 1. The number of halogens is 3. The molecule has 2 aromatic rings. The highest BCUT2D eigenvalue weighted by molar-refractivity contribution is 6.99. The lowest BCUT2D eigenvalue weighted by molar-refractivity contribution is 0.104. The maximum absolute atomic E-state index is 12.3. The van der Waals surface area contributed by atoms with Crippen LogP contribution in [0.25, 0.3) is 0 Å². The maximum atomic E-state index is 12.3. The number of rotatable bonds is 9. The highest BCUT2D eigenvalue weighted by Crippen LogP contribution is 2.37. The molecule has 0 saturated heterocycles. The normalized spacial score (nSPS) is 14.3. The van der Waals surface area contributed by atoms with Crippen molar-refractivity contribution in [3.63, 3.8) is 0 Å². The molecular weight excluding hydrogens is 501 g/mol. The molecule has 180 valence electrons. The van der Waals surface area contributed by atoms with Crippen molar-refractivity contribution in [2.45, 2.75) is 41.7 Å². The second kappa shape index (κ2) is 11.7. The lowest BCUT2D eigenvalue weighted by Gasteiger charge is -2.44. The van der Waals surface area contributed by atoms with Crippen LogP contribution in [0.5, 0.6) is 0 Å². The fourth-order valence-electron chi connectivity index (χ4n) is 3.71. The summed E-state index contributed by atoms with van der Waals surface area (Å²) >= 11 is 17.0. The number of hydrogen-bond donors (Lipinski definition) is 2. The molecule has 2 aromatic carbocycles. The fourth-order valence-corrected chi connectivity index (χ4v) is 8.46. The van der Waals surface area contributed by atoms with Crippen LogP contribution in [0.1, 0.15) is 20.8 Å². The first-order chi connectivity index (χ1) is 15.4. The second-order valence-corrected chi connectivity index (χ2v) is 15.5. The van der Waals surface area contributed by atoms with Gasteiger partial charge >= 0.3 is 6.09 Å². The second-order valence-electron chi connectivity index (χ2n) is 8.64. The monoisotopic (exact) mass is 529 g/mol. The Kier molecular flexibility index (Phi) is 9.85. The molecule has 0 aliphatic heterocycles. The Balaban J connectivity index is 2.40. The zero-order valence-electron chi connectivity index (χ0n) is 18.9. The van der Waals surface area contributed by atoms with E-state index in [0.29, 0.717) is 0 Å². The van der Waals surface area contributed by atoms with Crippen LogP contribution in [0.3, 0.4) is 0 Å². The molecule has 0 radical (unpaired) electrons. The van der Waals surface area contributed by atoms with Crippen molar-refractivity contribution in [1.29, 1.82) is 0 Å². The van der Waals surface area contributed by atoms with Gasteiger partial charge in [-0.15, -0.1) is 6.58 Å². The van der Waals surface area contributed by atoms with Gasteiger partial charge in [0, 0.05) is 0 Å². The number of benzene rings is 2. The molecule has 5 nitrogen and oxygen atoms in total. The van der Waals surface area contributed by atoms with Gasteiger partial charge in [-0.05, 0) is 15.4 Å². The minimum Gasteiger partial charge on any atom is -0.445 e. The van der Waals surface area contributed by atoms with Crippen LogP contribution in [0.2, 0.25) is 5.04 Å². The molecule has 0 unspecified atom stereocenters. The number of ether oxygens (including phenoxy) is 1. The molecule has 2 rings (SSSR count). The molecule has 9 heteroatoms. The summed E-state index contributed by atoms with van der Waals surface area (Å²) in [6.07, 6.45) is -0.587. The van der Waals surface area contributed by atoms with E-state index < -0.39 is 37.0 Å². The van der Waals surface area contributed by atoms with E-state index in [9.17, 15) is 9.90 Å². The van der Waals surface area contributed by atoms with Gasteiger partial charge in [-0.2, -0.15) is 0 Å². The van der Waals surface area contributed by atoms with Crippen LogP contribution in [0.4, 0.5) is 4.79 Å². The third-order valence-corrected chi connectivity index (χ3v) is 10.6. The summed E-state index contributed by atoms with van der Waals surface area (Å²) in [7, 11) is -2.87. The number of hydrogen-bond acceptors (Lipinski definition) is 4. The lowest BCUT2D eigenvalue weighted by Crippen LogP contribution is -2.67. The number of carbonyl (C=O) groups is 1. The number of alkyl halides is 3. The first-order valence-electron chi connectivity index (χ1n) is 10.5. The molecular formula is C24H30Cl3NO4Si. The highest BCUT2D eigenvalue weighted by atomic mass is 35.6. The number of aliphatic hydroxyl groups is 1. The average molecular weight is 531 g/mol. The lowest BCUT2D eigenvalue weighted by atomic mass is 10.2. The first-order valence-corrected chi connectivity index (χ1v) is 13.5. The quantitative estimate of drug-likeness (QED) is 0.283. The third kappa shape index (κ3) is 7.47. The van der Waals surface area contributed by atoms with E-state index in [-0.39, 0.29) is 11.6 Å². The smallest absolute Gasteiger partial charge is 0.407 e. The maximum Gasteiger partial charge on any atom is 0.407 e. The summed E-state index contributed by atoms with van der Waals surface area (Å²) in [4.78, 5) is 12.3. The molecule has 33 heavy (non-hydrogen) atoms. The van der Waals surface area contributed by atoms with E-state index in [1.807, 2.05) is 36.4 Å². The van der Waals surface area contributed by atoms with E-state index in [4.69, 9.17) is 44.0 Å². The SMILES string of the molecule is C=C[C@H](O)[C@@H](CO[Si](c1ccccc1)(c1ccccc1)C(C)(C)C)NC(=O)OCC(Cl)(Cl)Cl. The van der Waals surface area contributed by atoms with Crippen molar-refractivity contribution in [3.8, 4) is 0 Å². The Bertz CT molecular complexity index is 862. The molecule has 0 aliphatic carbocycles. The van der Waals surface area contributed by atoms with Crippen LogP contribution >= 0.6 is 34.8 Å². The molecule has 0 spiro atoms. The predicted molar refractivity (Wildman–Crippen MR) is 138 cm³/mol. The standard InChI is InChI=1S/C24H30Cl3NO4Si/c1-5-21(29)20(28-22(30)31-17-24(25,26)27)16-32-33(23(2,3)4,18-12-8-6-9-13-18)19-14-10-7-11-15-19/h5-15,20-21,29H,1,16-17H2,2-4H3,(H,28,30)/t20-,21+/m1/s1. The largest absolute Gasteiger partial charge is 0.445 e. The summed E-state index contributed by atoms with van der Waals surface area (Å²) in [5, 5.41) is 15.0. The predicted octanol–water partition coefficient (Wildman–Crippen LogP) is 4.57. The van der Waals surface area contributed by atoms with Crippen LogP contribution in [-0.4, -0.2) is 48.7 Å². The number of carbonyl (C=O) groups excluding carboxylic acids is 1. The Labute approximate surface area is 211 Å². The van der Waals surface area contributed by atoms with Gasteiger partial charge in [-0.1, -0.05) is 122 Å². The Morgan fingerprint density at radius 3 is 1.94 bits per heavy atom. The van der Waals surface area contributed by atoms with Gasteiger partial charge in [0.15, 0.2) is 0 Å². The van der Waals surface area contributed by atoms with Crippen molar-refractivity contribution >= 4 is 59.6 Å². The molecule has 2 N–H and O–H groups in total. The summed E-state index contributed by atoms with van der Waals surface area (Å²) in [6, 6.07) is 19.3. The van der Waals surface area contributed by atoms with Crippen molar-refractivity contribution in [1.82, 2.24) is 5.32 Å². The van der Waals surface area contributed by atoms with Crippen molar-refractivity contribution in [2.75, 3.05) is 13.2 Å². The first kappa shape index (κ1) is 27.7. The van der Waals surface area contributed by atoms with E-state index in [2.05, 4.69) is 56.9 Å². The Morgan fingerprint density at radius 2 is 1.55 bits per heavy atom. The molecule has 0 heterocycles. The van der Waals surface area contributed by atoms with Crippen LogP contribution in [-0.2, 0) is 9.16 Å². The van der Waals surface area contributed by atoms with Gasteiger partial charge in [0.1, 0.15) is 6.61 Å². The zero-order valence-corrected chi connectivity index (χ0v) is 22.2. The summed E-state index contributed by atoms with van der Waals surface area (Å²) in [5.74, 6) is 0. The zero-order chi connectivity index (χ0) is 24.7. The molecule has 1 amide bonds. The van der Waals surface area contributed by atoms with E-state index in [0.717, 1.165) is 10.4 Å². The molecule has 0 aliphatic rings. The van der Waals surface area contributed by atoms with Crippen molar-refractivity contribution in [3.05, 3.63) is 73.3 Å². The van der Waals surface area contributed by atoms with Crippen molar-refractivity contribution < 1.29 is 19.1 Å². The van der Waals surface area contributed by atoms with Gasteiger partial charge in [0.05, 0.1) is 18.8 Å². The molecule has 0 aromatic heterocycles. The number of aliphatic hydroxyl groups excluding tert-OH is 1. The Morgan fingerprint density at radius 1 is 1.06 bits per heavy atom. The van der Waals surface area contributed by atoms with E-state index >= 15 is 0 Å². The summed E-state index contributed by atoms with van der Waals surface area (Å²) < 4.78 is 10.0. The van der Waals surface area contributed by atoms with Gasteiger partial charge in [-0.25, -0.2) is 4.79 Å². The number of nitrogens with one attached hydrogen (secondary N) is 1. The fraction of sp³-hybridized carbons (Fsp3) is 0.375. The molecule has 2 atom stereocenters. The molecule has 0 bridgehead atoms. The summed E-state index contributed by atoms with van der Waals surface area (Å²) in [6.45, 7) is 9.64. The van der Waals surface area contributed by atoms with E-state index in [1.165, 1.54) is 6.08 Å². The minimum atomic E-state index is -2.87. The van der Waals surface area contributed by atoms with Gasteiger partial charge < -0.3 is 19.6 Å². The summed E-state index contributed by atoms with van der Waals surface area (Å²) in [5.41, 5.74) is 0. The van der Waals surface area contributed by atoms with Gasteiger partial charge in [0.25, 0.3) is 8.32 Å². The average Bonchev–Trinajstić information content (AvgIpc) is 2.77. The Hall–Kier alpha value is -1.54. The number of amides is 1. The van der Waals surface area contributed by atoms with Gasteiger partial charge in [0.2, 0.25) is 3.79 Å². The van der Waals surface area contributed by atoms with E-state index in [1.54, 1.807) is 0 Å². The van der Waals surface area contributed by atoms with Gasteiger partial charge in [-0.3, -0.25) is 0 Å². The molecule has 0 fully saturated rings. The highest BCUT2D eigenvalue weighted by Gasteiger charge is 2.50. The van der Waals surface area contributed by atoms with Crippen molar-refractivity contribution in [2.24, 2.45) is 0 Å². The topological polar surface area (TPSA) is 67.8 Å². The van der Waals surface area contributed by atoms with Crippen LogP contribution < -0.4 is 15.7 Å². The van der Waals surface area contributed by atoms with Crippen LogP contribution in [0, 0.1) is 0 Å². The minimum absolute atomic E-state index is 0.0172. The third-order valence-electron chi connectivity index (χ3n) is 5.22. The van der Waals surface area contributed by atoms with Crippen LogP contribution in [0.15, 0.2) is 73.3 Å². The molecule has 0 saturated carbocycles.